The van der Waals surface area contributed by atoms with Crippen LogP contribution in [0.2, 0.25) is 0 Å². The molecule has 3 N–H and O–H groups in total. The number of nitrogens with two attached hydrogens (primary N) is 1. The second-order valence-corrected chi connectivity index (χ2v) is 21.3. The Morgan fingerprint density at radius 2 is 0.658 bits per heavy atom. The molecule has 0 aliphatic heterocycles. The van der Waals surface area contributed by atoms with E-state index in [1.54, 1.807) is 0 Å². The van der Waals surface area contributed by atoms with Gasteiger partial charge in [0.1, 0.15) is 6.61 Å². The summed E-state index contributed by atoms with van der Waals surface area (Å²) in [5, 5.41) is 0. The molecule has 0 amide bonds. The molecule has 0 aromatic rings. The maximum atomic E-state index is 12.7. The van der Waals surface area contributed by atoms with Crippen LogP contribution in [0.3, 0.4) is 0 Å². The third-order valence-corrected chi connectivity index (χ3v) is 13.4. The van der Waals surface area contributed by atoms with Gasteiger partial charge in [-0.1, -0.05) is 255 Å². The van der Waals surface area contributed by atoms with Crippen molar-refractivity contribution >= 4 is 19.8 Å². The predicted molar refractivity (Wildman–Crippen MR) is 339 cm³/mol. The summed E-state index contributed by atoms with van der Waals surface area (Å²) in [6, 6.07) is 0. The van der Waals surface area contributed by atoms with Gasteiger partial charge in [0.05, 0.1) is 13.2 Å². The molecule has 2 unspecified atom stereocenters. The first-order chi connectivity index (χ1) is 38.8. The van der Waals surface area contributed by atoms with Gasteiger partial charge in [-0.05, 0) is 122 Å². The molecule has 0 spiro atoms. The summed E-state index contributed by atoms with van der Waals surface area (Å²) >= 11 is 0. The number of rotatable bonds is 56. The topological polar surface area (TPSA) is 134 Å². The number of phosphoric acid groups is 1. The number of carbonyl (C=O) groups is 2. The molecule has 446 valence electrons. The number of ether oxygens (including phenoxy) is 2. The van der Waals surface area contributed by atoms with Gasteiger partial charge in [-0.3, -0.25) is 18.6 Å². The van der Waals surface area contributed by atoms with Gasteiger partial charge < -0.3 is 20.1 Å². The SMILES string of the molecule is CC/C=C\C/C=C\C/C=C\C/C=C\C/C=C\C/C=C\C/C=C\C/C=C\C/C=C\CCCCCCCCCCCCCC(=O)OC(COC(=O)CCCCCCCC/C=C\C/C=C\C/C=C\C/C=C\CC)COP(=O)(O)OCCN. The van der Waals surface area contributed by atoms with Crippen LogP contribution in [0.5, 0.6) is 0 Å². The molecular weight excluding hydrogens is 1000 g/mol. The molecule has 0 saturated carbocycles. The zero-order valence-corrected chi connectivity index (χ0v) is 50.7. The molecule has 0 aromatic heterocycles. The standard InChI is InChI=1S/C69H112NO8P/c1-3-5-7-9-11-13-15-17-19-21-23-24-25-26-27-28-29-30-31-32-33-34-35-36-37-38-39-40-41-42-44-46-48-50-52-54-56-58-60-62-69(72)78-67(66-77-79(73,74)76-64-63-70)65-75-68(71)61-59-57-55-53-51-49-47-45-43-22-20-18-16-14-12-10-8-6-4-2/h5-8,11-14,17-20,23-24,26-27,29-30,32-33,35-36,38-39,43,45,67H,3-4,9-10,15-16,21-22,25,28,31,34,37,40-42,44,46-66,70H2,1-2H3,(H,73,74)/b7-5-,8-6-,13-11-,14-12-,19-17-,20-18-,24-23-,27-26-,30-29-,33-32-,36-35-,39-38-,45-43-. The van der Waals surface area contributed by atoms with Crippen LogP contribution in [0, 0.1) is 0 Å². The first-order valence-electron chi connectivity index (χ1n) is 31.0. The van der Waals surface area contributed by atoms with Crippen molar-refractivity contribution in [1.82, 2.24) is 0 Å². The quantitative estimate of drug-likeness (QED) is 0.0264. The summed E-state index contributed by atoms with van der Waals surface area (Å²) in [6.45, 7) is 3.48. The molecule has 0 radical (unpaired) electrons. The predicted octanol–water partition coefficient (Wildman–Crippen LogP) is 20.1. The zero-order valence-electron chi connectivity index (χ0n) is 49.8. The van der Waals surface area contributed by atoms with Crippen LogP contribution in [0.15, 0.2) is 158 Å². The highest BCUT2D eigenvalue weighted by Gasteiger charge is 2.26. The van der Waals surface area contributed by atoms with Crippen molar-refractivity contribution in [1.29, 1.82) is 0 Å². The van der Waals surface area contributed by atoms with E-state index >= 15 is 0 Å². The average Bonchev–Trinajstić information content (AvgIpc) is 3.44. The lowest BCUT2D eigenvalue weighted by Crippen LogP contribution is -2.29. The minimum atomic E-state index is -4.40. The highest BCUT2D eigenvalue weighted by molar-refractivity contribution is 7.47. The summed E-state index contributed by atoms with van der Waals surface area (Å²) in [5.41, 5.74) is 5.38. The van der Waals surface area contributed by atoms with Crippen molar-refractivity contribution in [2.24, 2.45) is 5.73 Å². The average molecular weight is 1110 g/mol. The normalized spacial score (nSPS) is 14.1. The number of esters is 2. The van der Waals surface area contributed by atoms with E-state index < -0.39 is 32.5 Å². The summed E-state index contributed by atoms with van der Waals surface area (Å²) in [6.07, 6.45) is 91.6. The lowest BCUT2D eigenvalue weighted by atomic mass is 10.0. The van der Waals surface area contributed by atoms with Crippen molar-refractivity contribution in [2.75, 3.05) is 26.4 Å². The van der Waals surface area contributed by atoms with E-state index in [1.807, 2.05) is 0 Å². The Bertz CT molecular complexity index is 1850. The highest BCUT2D eigenvalue weighted by Crippen LogP contribution is 2.43. The van der Waals surface area contributed by atoms with Gasteiger partial charge in [0.25, 0.3) is 0 Å². The van der Waals surface area contributed by atoms with Gasteiger partial charge in [-0.25, -0.2) is 4.57 Å². The van der Waals surface area contributed by atoms with Crippen LogP contribution in [0.1, 0.15) is 232 Å². The van der Waals surface area contributed by atoms with Crippen LogP contribution in [0.25, 0.3) is 0 Å². The molecule has 2 atom stereocenters. The number of hydrogen-bond acceptors (Lipinski definition) is 8. The lowest BCUT2D eigenvalue weighted by Gasteiger charge is -2.19. The minimum absolute atomic E-state index is 0.0430. The van der Waals surface area contributed by atoms with Crippen LogP contribution in [0.4, 0.5) is 0 Å². The van der Waals surface area contributed by atoms with Crippen molar-refractivity contribution in [3.05, 3.63) is 158 Å². The number of unbranched alkanes of at least 4 members (excludes halogenated alkanes) is 17. The van der Waals surface area contributed by atoms with Crippen molar-refractivity contribution in [3.63, 3.8) is 0 Å². The maximum absolute atomic E-state index is 12.7. The van der Waals surface area contributed by atoms with Crippen molar-refractivity contribution in [2.45, 2.75) is 238 Å². The van der Waals surface area contributed by atoms with Gasteiger partial charge in [-0.2, -0.15) is 0 Å². The molecule has 0 heterocycles. The van der Waals surface area contributed by atoms with E-state index in [9.17, 15) is 19.0 Å². The van der Waals surface area contributed by atoms with Gasteiger partial charge in [0.2, 0.25) is 0 Å². The smallest absolute Gasteiger partial charge is 0.462 e. The van der Waals surface area contributed by atoms with Crippen molar-refractivity contribution in [3.8, 4) is 0 Å². The Morgan fingerprint density at radius 1 is 0.380 bits per heavy atom. The van der Waals surface area contributed by atoms with E-state index in [2.05, 4.69) is 172 Å². The van der Waals surface area contributed by atoms with E-state index in [4.69, 9.17) is 24.3 Å². The minimum Gasteiger partial charge on any atom is -0.462 e. The second kappa shape index (κ2) is 62.8. The van der Waals surface area contributed by atoms with E-state index in [0.29, 0.717) is 12.8 Å². The Hall–Kier alpha value is -4.37. The van der Waals surface area contributed by atoms with Gasteiger partial charge in [-0.15, -0.1) is 0 Å². The Morgan fingerprint density at radius 3 is 0.975 bits per heavy atom. The second-order valence-electron chi connectivity index (χ2n) is 19.8. The first-order valence-corrected chi connectivity index (χ1v) is 32.5. The van der Waals surface area contributed by atoms with E-state index in [1.165, 1.54) is 44.9 Å². The van der Waals surface area contributed by atoms with Crippen molar-refractivity contribution < 1.29 is 37.6 Å². The summed E-state index contributed by atoms with van der Waals surface area (Å²) in [5.74, 6) is -0.857. The first kappa shape index (κ1) is 74.6. The molecule has 10 heteroatoms. The molecule has 79 heavy (non-hydrogen) atoms. The van der Waals surface area contributed by atoms with Crippen LogP contribution in [-0.2, 0) is 32.7 Å². The van der Waals surface area contributed by atoms with Gasteiger partial charge in [0.15, 0.2) is 6.10 Å². The monoisotopic (exact) mass is 1110 g/mol. The number of allylic oxidation sites excluding steroid dienone is 26. The fraction of sp³-hybridized carbons (Fsp3) is 0.594. The summed E-state index contributed by atoms with van der Waals surface area (Å²) in [4.78, 5) is 35.2. The van der Waals surface area contributed by atoms with Crippen LogP contribution >= 0.6 is 7.82 Å². The lowest BCUT2D eigenvalue weighted by molar-refractivity contribution is -0.161. The van der Waals surface area contributed by atoms with E-state index in [-0.39, 0.29) is 32.6 Å². The Labute approximate surface area is 483 Å². The number of carbonyl (C=O) groups excluding carboxylic acids is 2. The summed E-state index contributed by atoms with van der Waals surface area (Å²) in [7, 11) is -4.40. The highest BCUT2D eigenvalue weighted by atomic mass is 31.2. The molecular formula is C69H112NO8P. The largest absolute Gasteiger partial charge is 0.472 e. The zero-order chi connectivity index (χ0) is 57.3. The number of hydrogen-bond donors (Lipinski definition) is 2. The molecule has 0 saturated heterocycles. The number of phosphoric ester groups is 1. The third kappa shape index (κ3) is 62.7. The molecule has 9 nitrogen and oxygen atoms in total. The Kier molecular flexibility index (Phi) is 59.3. The molecule has 0 aliphatic rings. The fourth-order valence-corrected chi connectivity index (χ4v) is 8.68. The fourth-order valence-electron chi connectivity index (χ4n) is 7.91. The third-order valence-electron chi connectivity index (χ3n) is 12.4. The Balaban J connectivity index is 3.98. The maximum Gasteiger partial charge on any atom is 0.472 e. The molecule has 0 bridgehead atoms. The van der Waals surface area contributed by atoms with E-state index in [0.717, 1.165) is 148 Å². The van der Waals surface area contributed by atoms with Gasteiger partial charge >= 0.3 is 19.8 Å². The molecule has 0 aliphatic carbocycles. The van der Waals surface area contributed by atoms with Crippen LogP contribution in [-0.4, -0.2) is 49.3 Å². The molecule has 0 fully saturated rings. The molecule has 0 aromatic carbocycles. The van der Waals surface area contributed by atoms with Crippen LogP contribution < -0.4 is 5.73 Å². The summed E-state index contributed by atoms with van der Waals surface area (Å²) < 4.78 is 33.0. The van der Waals surface area contributed by atoms with Gasteiger partial charge in [0, 0.05) is 19.4 Å². The molecule has 0 rings (SSSR count).